The maximum atomic E-state index is 12.9. The number of ether oxygens (including phenoxy) is 2. The van der Waals surface area contributed by atoms with Crippen molar-refractivity contribution in [1.82, 2.24) is 14.9 Å². The lowest BCUT2D eigenvalue weighted by molar-refractivity contribution is 0.0306. The van der Waals surface area contributed by atoms with Crippen molar-refractivity contribution in [3.63, 3.8) is 0 Å². The van der Waals surface area contributed by atoms with Crippen LogP contribution in [0.2, 0.25) is 0 Å². The van der Waals surface area contributed by atoms with Gasteiger partial charge in [0.2, 0.25) is 0 Å². The Hall–Kier alpha value is -2.71. The van der Waals surface area contributed by atoms with Crippen LogP contribution in [0.1, 0.15) is 20.8 Å². The van der Waals surface area contributed by atoms with Gasteiger partial charge in [-0.05, 0) is 30.2 Å². The van der Waals surface area contributed by atoms with Crippen molar-refractivity contribution in [3.8, 4) is 5.75 Å². The van der Waals surface area contributed by atoms with Crippen molar-refractivity contribution in [2.45, 2.75) is 13.5 Å². The van der Waals surface area contributed by atoms with Crippen molar-refractivity contribution in [2.75, 3.05) is 38.7 Å². The number of nitrogens with zero attached hydrogens (tertiary/aromatic N) is 3. The van der Waals surface area contributed by atoms with Crippen molar-refractivity contribution in [3.05, 3.63) is 46.6 Å². The van der Waals surface area contributed by atoms with Gasteiger partial charge in [0.25, 0.3) is 5.91 Å². The van der Waals surface area contributed by atoms with Crippen LogP contribution >= 0.6 is 11.3 Å². The number of carbonyl (C=O) groups is 1. The number of methoxy groups -OCH3 is 1. The summed E-state index contributed by atoms with van der Waals surface area (Å²) >= 11 is 1.42. The zero-order valence-electron chi connectivity index (χ0n) is 15.9. The van der Waals surface area contributed by atoms with Crippen LogP contribution in [0.5, 0.6) is 5.75 Å². The van der Waals surface area contributed by atoms with Crippen LogP contribution < -0.4 is 10.1 Å². The predicted octanol–water partition coefficient (Wildman–Crippen LogP) is 3.09. The maximum Gasteiger partial charge on any atom is 0.264 e. The molecule has 28 heavy (non-hydrogen) atoms. The second-order valence-electron chi connectivity index (χ2n) is 6.57. The number of amides is 1. The molecule has 0 saturated carbocycles. The van der Waals surface area contributed by atoms with Crippen LogP contribution in [0.15, 0.2) is 30.6 Å². The summed E-state index contributed by atoms with van der Waals surface area (Å²) in [5, 5.41) is 4.29. The van der Waals surface area contributed by atoms with E-state index in [1.165, 1.54) is 17.7 Å². The number of benzene rings is 1. The van der Waals surface area contributed by atoms with Gasteiger partial charge in [-0.15, -0.1) is 11.3 Å². The topological polar surface area (TPSA) is 76.6 Å². The summed E-state index contributed by atoms with van der Waals surface area (Å²) in [7, 11) is 1.65. The van der Waals surface area contributed by atoms with Crippen molar-refractivity contribution < 1.29 is 14.3 Å². The first-order chi connectivity index (χ1) is 13.7. The molecule has 0 unspecified atom stereocenters. The zero-order valence-corrected chi connectivity index (χ0v) is 16.7. The molecule has 4 rings (SSSR count). The van der Waals surface area contributed by atoms with E-state index in [9.17, 15) is 4.79 Å². The molecule has 3 heterocycles. The molecular formula is C20H22N4O3S. The van der Waals surface area contributed by atoms with Gasteiger partial charge < -0.3 is 19.7 Å². The Morgan fingerprint density at radius 1 is 1.32 bits per heavy atom. The fourth-order valence-electron chi connectivity index (χ4n) is 3.29. The maximum absolute atomic E-state index is 12.9. The van der Waals surface area contributed by atoms with Gasteiger partial charge in [0.1, 0.15) is 22.7 Å². The van der Waals surface area contributed by atoms with E-state index in [1.54, 1.807) is 7.11 Å². The first-order valence-electron chi connectivity index (χ1n) is 9.15. The Morgan fingerprint density at radius 3 is 2.93 bits per heavy atom. The highest BCUT2D eigenvalue weighted by molar-refractivity contribution is 7.20. The lowest BCUT2D eigenvalue weighted by atomic mass is 10.1. The van der Waals surface area contributed by atoms with Crippen LogP contribution in [0.3, 0.4) is 0 Å². The minimum Gasteiger partial charge on any atom is -0.497 e. The third kappa shape index (κ3) is 3.65. The first kappa shape index (κ1) is 18.6. The van der Waals surface area contributed by atoms with E-state index in [0.29, 0.717) is 32.8 Å². The van der Waals surface area contributed by atoms with Crippen LogP contribution in [-0.4, -0.2) is 54.2 Å². The first-order valence-corrected chi connectivity index (χ1v) is 9.97. The number of fused-ring (bicyclic) bond motifs is 1. The second-order valence-corrected chi connectivity index (χ2v) is 7.57. The number of rotatable bonds is 5. The highest BCUT2D eigenvalue weighted by atomic mass is 32.1. The normalized spacial score (nSPS) is 14.3. The summed E-state index contributed by atoms with van der Waals surface area (Å²) in [5.41, 5.74) is 2.01. The van der Waals surface area contributed by atoms with Gasteiger partial charge in [0.15, 0.2) is 0 Å². The minimum absolute atomic E-state index is 0.0440. The van der Waals surface area contributed by atoms with Gasteiger partial charge in [-0.3, -0.25) is 4.79 Å². The number of morpholine rings is 1. The minimum atomic E-state index is 0.0440. The van der Waals surface area contributed by atoms with E-state index < -0.39 is 0 Å². The molecule has 1 N–H and O–H groups in total. The van der Waals surface area contributed by atoms with E-state index in [-0.39, 0.29) is 5.91 Å². The fourth-order valence-corrected chi connectivity index (χ4v) is 4.40. The van der Waals surface area contributed by atoms with Gasteiger partial charge in [-0.25, -0.2) is 9.97 Å². The average Bonchev–Trinajstić information content (AvgIpc) is 3.09. The fraction of sp³-hybridized carbons (Fsp3) is 0.350. The molecule has 7 nitrogen and oxygen atoms in total. The number of thiophene rings is 1. The Labute approximate surface area is 167 Å². The number of carbonyl (C=O) groups excluding carboxylic acids is 1. The van der Waals surface area contributed by atoms with Gasteiger partial charge in [-0.2, -0.15) is 0 Å². The van der Waals surface area contributed by atoms with Crippen LogP contribution in [0, 0.1) is 6.92 Å². The number of hydrogen-bond acceptors (Lipinski definition) is 7. The van der Waals surface area contributed by atoms with Crippen LogP contribution in [0.25, 0.3) is 10.2 Å². The van der Waals surface area contributed by atoms with Gasteiger partial charge in [-0.1, -0.05) is 12.1 Å². The SMILES string of the molecule is COc1cccc(CNc2ncnc3sc(C(=O)N4CCOCC4)c(C)c23)c1. The molecule has 1 saturated heterocycles. The number of nitrogens with one attached hydrogen (secondary N) is 1. The third-order valence-electron chi connectivity index (χ3n) is 4.81. The summed E-state index contributed by atoms with van der Waals surface area (Å²) in [5.74, 6) is 1.60. The van der Waals surface area contributed by atoms with E-state index in [4.69, 9.17) is 9.47 Å². The number of aryl methyl sites for hydroxylation is 1. The summed E-state index contributed by atoms with van der Waals surface area (Å²) in [4.78, 5) is 25.1. The predicted molar refractivity (Wildman–Crippen MR) is 109 cm³/mol. The summed E-state index contributed by atoms with van der Waals surface area (Å²) in [6.07, 6.45) is 1.54. The van der Waals surface area contributed by atoms with Gasteiger partial charge in [0.05, 0.1) is 30.6 Å². The molecule has 1 aromatic carbocycles. The molecule has 1 aliphatic heterocycles. The second kappa shape index (κ2) is 8.12. The van der Waals surface area contributed by atoms with Crippen LogP contribution in [-0.2, 0) is 11.3 Å². The van der Waals surface area contributed by atoms with E-state index in [0.717, 1.165) is 37.8 Å². The molecule has 0 aliphatic carbocycles. The van der Waals surface area contributed by atoms with Crippen molar-refractivity contribution in [1.29, 1.82) is 0 Å². The van der Waals surface area contributed by atoms with Crippen molar-refractivity contribution in [2.24, 2.45) is 0 Å². The summed E-state index contributed by atoms with van der Waals surface area (Å²) < 4.78 is 10.6. The highest BCUT2D eigenvalue weighted by Crippen LogP contribution is 2.34. The highest BCUT2D eigenvalue weighted by Gasteiger charge is 2.24. The van der Waals surface area contributed by atoms with Crippen LogP contribution in [0.4, 0.5) is 5.82 Å². The molecule has 1 aliphatic rings. The molecule has 1 amide bonds. The Morgan fingerprint density at radius 2 is 2.14 bits per heavy atom. The average molecular weight is 398 g/mol. The lowest BCUT2D eigenvalue weighted by Crippen LogP contribution is -2.40. The zero-order chi connectivity index (χ0) is 19.5. The standard InChI is InChI=1S/C20H22N4O3S/c1-13-16-18(21-11-14-4-3-5-15(10-14)26-2)22-12-23-19(16)28-17(13)20(25)24-6-8-27-9-7-24/h3-5,10,12H,6-9,11H2,1-2H3,(H,21,22,23). The molecule has 0 bridgehead atoms. The van der Waals surface area contributed by atoms with E-state index in [2.05, 4.69) is 15.3 Å². The Balaban J connectivity index is 1.60. The number of anilines is 1. The molecule has 8 heteroatoms. The summed E-state index contributed by atoms with van der Waals surface area (Å²) in [6, 6.07) is 7.89. The quantitative estimate of drug-likeness (QED) is 0.712. The number of aromatic nitrogens is 2. The monoisotopic (exact) mass is 398 g/mol. The smallest absolute Gasteiger partial charge is 0.264 e. The van der Waals surface area contributed by atoms with E-state index >= 15 is 0 Å². The molecule has 3 aromatic rings. The van der Waals surface area contributed by atoms with Gasteiger partial charge >= 0.3 is 0 Å². The number of hydrogen-bond donors (Lipinski definition) is 1. The Bertz CT molecular complexity index is 998. The Kier molecular flexibility index (Phi) is 5.40. The van der Waals surface area contributed by atoms with E-state index in [1.807, 2.05) is 36.1 Å². The van der Waals surface area contributed by atoms with Crippen molar-refractivity contribution >= 4 is 33.3 Å². The molecule has 0 spiro atoms. The third-order valence-corrected chi connectivity index (χ3v) is 6.00. The summed E-state index contributed by atoms with van der Waals surface area (Å²) in [6.45, 7) is 4.99. The molecule has 1 fully saturated rings. The molecule has 0 atom stereocenters. The lowest BCUT2D eigenvalue weighted by Gasteiger charge is -2.26. The molecular weight excluding hydrogens is 376 g/mol. The largest absolute Gasteiger partial charge is 0.497 e. The van der Waals surface area contributed by atoms with Gasteiger partial charge in [0, 0.05) is 19.6 Å². The molecule has 0 radical (unpaired) electrons. The molecule has 2 aromatic heterocycles. The molecule has 146 valence electrons.